The van der Waals surface area contributed by atoms with E-state index in [0.29, 0.717) is 23.0 Å². The Morgan fingerprint density at radius 3 is 2.65 bits per heavy atom. The van der Waals surface area contributed by atoms with E-state index in [-0.39, 0.29) is 18.7 Å². The van der Waals surface area contributed by atoms with Crippen LogP contribution in [0.25, 0.3) is 0 Å². The van der Waals surface area contributed by atoms with Gasteiger partial charge in [0.15, 0.2) is 11.5 Å². The highest BCUT2D eigenvalue weighted by atomic mass is 16.7. The summed E-state index contributed by atoms with van der Waals surface area (Å²) < 4.78 is 10.4. The molecule has 0 saturated heterocycles. The Labute approximate surface area is 101 Å². The summed E-state index contributed by atoms with van der Waals surface area (Å²) >= 11 is 0. The number of hydrogen-bond donors (Lipinski definition) is 1. The van der Waals surface area contributed by atoms with Crippen molar-refractivity contribution in [2.24, 2.45) is 5.92 Å². The maximum atomic E-state index is 12.0. The van der Waals surface area contributed by atoms with Crippen molar-refractivity contribution in [3.63, 3.8) is 0 Å². The van der Waals surface area contributed by atoms with Crippen molar-refractivity contribution in [2.75, 3.05) is 6.79 Å². The van der Waals surface area contributed by atoms with Crippen molar-refractivity contribution in [3.8, 4) is 11.5 Å². The molecule has 1 N–H and O–H groups in total. The van der Waals surface area contributed by atoms with E-state index in [1.54, 1.807) is 18.2 Å². The van der Waals surface area contributed by atoms with Gasteiger partial charge in [-0.25, -0.2) is 0 Å². The quantitative estimate of drug-likeness (QED) is 0.873. The highest BCUT2D eigenvalue weighted by molar-refractivity contribution is 5.95. The topological polar surface area (TPSA) is 47.6 Å². The first kappa shape index (κ1) is 11.8. The van der Waals surface area contributed by atoms with Crippen molar-refractivity contribution in [3.05, 3.63) is 23.8 Å². The van der Waals surface area contributed by atoms with E-state index in [1.807, 2.05) is 6.92 Å². The lowest BCUT2D eigenvalue weighted by molar-refractivity contribution is 0.0930. The number of hydrogen-bond acceptors (Lipinski definition) is 3. The van der Waals surface area contributed by atoms with Crippen molar-refractivity contribution >= 4 is 5.91 Å². The molecule has 0 spiro atoms. The van der Waals surface area contributed by atoms with E-state index < -0.39 is 0 Å². The molecule has 0 aliphatic carbocycles. The van der Waals surface area contributed by atoms with Gasteiger partial charge in [-0.05, 0) is 31.0 Å². The molecule has 1 aromatic rings. The van der Waals surface area contributed by atoms with Crippen LogP contribution in [0.2, 0.25) is 0 Å². The van der Waals surface area contributed by atoms with E-state index in [4.69, 9.17) is 9.47 Å². The van der Waals surface area contributed by atoms with Crippen molar-refractivity contribution in [1.29, 1.82) is 0 Å². The monoisotopic (exact) mass is 235 g/mol. The number of carbonyl (C=O) groups is 1. The van der Waals surface area contributed by atoms with Gasteiger partial charge in [-0.2, -0.15) is 0 Å². The summed E-state index contributed by atoms with van der Waals surface area (Å²) in [6.45, 7) is 6.37. The molecule has 0 saturated carbocycles. The first-order valence-electron chi connectivity index (χ1n) is 5.78. The molecule has 17 heavy (non-hydrogen) atoms. The van der Waals surface area contributed by atoms with Crippen LogP contribution in [0.3, 0.4) is 0 Å². The Hall–Kier alpha value is -1.71. The Bertz CT molecular complexity index is 429. The molecule has 4 nitrogen and oxygen atoms in total. The molecular weight excluding hydrogens is 218 g/mol. The predicted molar refractivity (Wildman–Crippen MR) is 64.3 cm³/mol. The maximum Gasteiger partial charge on any atom is 0.251 e. The van der Waals surface area contributed by atoms with E-state index >= 15 is 0 Å². The van der Waals surface area contributed by atoms with Gasteiger partial charge >= 0.3 is 0 Å². The number of nitrogens with one attached hydrogen (secondary N) is 1. The molecule has 0 fully saturated rings. The number of rotatable bonds is 3. The van der Waals surface area contributed by atoms with Gasteiger partial charge in [0.05, 0.1) is 0 Å². The molecule has 1 atom stereocenters. The van der Waals surface area contributed by atoms with E-state index in [9.17, 15) is 4.79 Å². The number of fused-ring (bicyclic) bond motifs is 1. The minimum atomic E-state index is -0.0792. The van der Waals surface area contributed by atoms with Gasteiger partial charge < -0.3 is 14.8 Å². The van der Waals surface area contributed by atoms with Crippen LogP contribution < -0.4 is 14.8 Å². The number of benzene rings is 1. The molecule has 1 aromatic carbocycles. The molecule has 1 aliphatic rings. The lowest BCUT2D eigenvalue weighted by Crippen LogP contribution is -2.36. The summed E-state index contributed by atoms with van der Waals surface area (Å²) in [5, 5.41) is 2.95. The Morgan fingerprint density at radius 1 is 1.24 bits per heavy atom. The fraction of sp³-hybridized carbons (Fsp3) is 0.462. The molecule has 1 aliphatic heterocycles. The van der Waals surface area contributed by atoms with Crippen LogP contribution in [0.4, 0.5) is 0 Å². The normalized spacial score (nSPS) is 14.8. The predicted octanol–water partition coefficient (Wildman–Crippen LogP) is 2.19. The molecule has 92 valence electrons. The molecule has 1 amide bonds. The smallest absolute Gasteiger partial charge is 0.251 e. The first-order valence-corrected chi connectivity index (χ1v) is 5.78. The largest absolute Gasteiger partial charge is 0.454 e. The number of amides is 1. The average Bonchev–Trinajstić information content (AvgIpc) is 2.75. The highest BCUT2D eigenvalue weighted by Gasteiger charge is 2.17. The van der Waals surface area contributed by atoms with Crippen LogP contribution in [0.5, 0.6) is 11.5 Å². The minimum absolute atomic E-state index is 0.0792. The second-order valence-corrected chi connectivity index (χ2v) is 4.57. The van der Waals surface area contributed by atoms with Crippen LogP contribution in [-0.4, -0.2) is 18.7 Å². The van der Waals surface area contributed by atoms with Gasteiger partial charge in [-0.1, -0.05) is 13.8 Å². The van der Waals surface area contributed by atoms with Crippen LogP contribution >= 0.6 is 0 Å². The van der Waals surface area contributed by atoms with E-state index in [1.165, 1.54) is 0 Å². The number of ether oxygens (including phenoxy) is 2. The molecule has 1 unspecified atom stereocenters. The lowest BCUT2D eigenvalue weighted by atomic mass is 10.1. The van der Waals surface area contributed by atoms with Gasteiger partial charge in [-0.15, -0.1) is 0 Å². The molecular formula is C13H17NO3. The summed E-state index contributed by atoms with van der Waals surface area (Å²) in [4.78, 5) is 12.0. The molecule has 1 heterocycles. The fourth-order valence-corrected chi connectivity index (χ4v) is 1.49. The van der Waals surface area contributed by atoms with Crippen LogP contribution in [0.1, 0.15) is 31.1 Å². The van der Waals surface area contributed by atoms with E-state index in [2.05, 4.69) is 19.2 Å². The Balaban J connectivity index is 2.10. The third-order valence-electron chi connectivity index (χ3n) is 2.99. The van der Waals surface area contributed by atoms with Crippen LogP contribution in [0.15, 0.2) is 18.2 Å². The molecule has 0 radical (unpaired) electrons. The Morgan fingerprint density at radius 2 is 1.94 bits per heavy atom. The van der Waals surface area contributed by atoms with E-state index in [0.717, 1.165) is 0 Å². The second-order valence-electron chi connectivity index (χ2n) is 4.57. The third kappa shape index (κ3) is 2.52. The summed E-state index contributed by atoms with van der Waals surface area (Å²) in [7, 11) is 0. The summed E-state index contributed by atoms with van der Waals surface area (Å²) in [5.74, 6) is 1.66. The Kier molecular flexibility index (Phi) is 3.22. The zero-order chi connectivity index (χ0) is 12.4. The van der Waals surface area contributed by atoms with Gasteiger partial charge in [0.25, 0.3) is 5.91 Å². The first-order chi connectivity index (χ1) is 8.08. The van der Waals surface area contributed by atoms with Crippen LogP contribution in [-0.2, 0) is 0 Å². The lowest BCUT2D eigenvalue weighted by Gasteiger charge is -2.17. The second kappa shape index (κ2) is 4.65. The summed E-state index contributed by atoms with van der Waals surface area (Å²) in [6.07, 6.45) is 0. The maximum absolute atomic E-state index is 12.0. The van der Waals surface area contributed by atoms with Crippen molar-refractivity contribution < 1.29 is 14.3 Å². The van der Waals surface area contributed by atoms with Gasteiger partial charge in [-0.3, -0.25) is 4.79 Å². The molecule has 0 bridgehead atoms. The standard InChI is InChI=1S/C13H17NO3/c1-8(2)9(3)14-13(15)10-4-5-11-12(6-10)17-7-16-11/h4-6,8-9H,7H2,1-3H3,(H,14,15). The van der Waals surface area contributed by atoms with Crippen molar-refractivity contribution in [2.45, 2.75) is 26.8 Å². The number of carbonyl (C=O) groups excluding carboxylic acids is 1. The molecule has 0 aromatic heterocycles. The van der Waals surface area contributed by atoms with Crippen molar-refractivity contribution in [1.82, 2.24) is 5.32 Å². The zero-order valence-corrected chi connectivity index (χ0v) is 10.3. The molecule has 2 rings (SSSR count). The van der Waals surface area contributed by atoms with Gasteiger partial charge in [0, 0.05) is 11.6 Å². The fourth-order valence-electron chi connectivity index (χ4n) is 1.49. The third-order valence-corrected chi connectivity index (χ3v) is 2.99. The molecule has 4 heteroatoms. The van der Waals surface area contributed by atoms with Gasteiger partial charge in [0.1, 0.15) is 0 Å². The minimum Gasteiger partial charge on any atom is -0.454 e. The highest BCUT2D eigenvalue weighted by Crippen LogP contribution is 2.32. The summed E-state index contributed by atoms with van der Waals surface area (Å²) in [5.41, 5.74) is 0.599. The average molecular weight is 235 g/mol. The van der Waals surface area contributed by atoms with Gasteiger partial charge in [0.2, 0.25) is 6.79 Å². The summed E-state index contributed by atoms with van der Waals surface area (Å²) in [6, 6.07) is 5.37. The SMILES string of the molecule is CC(C)C(C)NC(=O)c1ccc2c(c1)OCO2. The zero-order valence-electron chi connectivity index (χ0n) is 10.3. The van der Waals surface area contributed by atoms with Crippen LogP contribution in [0, 0.1) is 5.92 Å².